The first kappa shape index (κ1) is 13.0. The van der Waals surface area contributed by atoms with E-state index in [2.05, 4.69) is 0 Å². The van der Waals surface area contributed by atoms with Crippen LogP contribution in [0.4, 0.5) is 4.79 Å². The smallest absolute Gasteiger partial charge is 0.327 e. The lowest BCUT2D eigenvalue weighted by Crippen LogP contribution is -2.51. The molecule has 1 saturated heterocycles. The van der Waals surface area contributed by atoms with E-state index in [9.17, 15) is 9.59 Å². The first-order valence-corrected chi connectivity index (χ1v) is 5.54. The second-order valence-electron chi connectivity index (χ2n) is 4.49. The van der Waals surface area contributed by atoms with E-state index in [-0.39, 0.29) is 30.1 Å². The Hall–Kier alpha value is -1.10. The normalized spacial score (nSPS) is 20.5. The summed E-state index contributed by atoms with van der Waals surface area (Å²) >= 11 is 0. The second kappa shape index (κ2) is 4.82. The van der Waals surface area contributed by atoms with Crippen molar-refractivity contribution in [2.24, 2.45) is 0 Å². The maximum atomic E-state index is 12.1. The summed E-state index contributed by atoms with van der Waals surface area (Å²) in [6.07, 6.45) is 0.00779. The van der Waals surface area contributed by atoms with Gasteiger partial charge in [0.05, 0.1) is 12.6 Å². The van der Waals surface area contributed by atoms with Gasteiger partial charge in [0.1, 0.15) is 6.10 Å². The Morgan fingerprint density at radius 1 is 1.31 bits per heavy atom. The van der Waals surface area contributed by atoms with Crippen LogP contribution in [0.1, 0.15) is 27.7 Å². The molecule has 0 aromatic rings. The summed E-state index contributed by atoms with van der Waals surface area (Å²) in [5.41, 5.74) is 0. The summed E-state index contributed by atoms with van der Waals surface area (Å²) in [4.78, 5) is 26.4. The van der Waals surface area contributed by atoms with Gasteiger partial charge in [0, 0.05) is 20.0 Å². The third kappa shape index (κ3) is 2.72. The van der Waals surface area contributed by atoms with E-state index in [1.165, 1.54) is 11.8 Å². The first-order chi connectivity index (χ1) is 7.36. The van der Waals surface area contributed by atoms with Gasteiger partial charge >= 0.3 is 6.03 Å². The molecule has 92 valence electrons. The highest BCUT2D eigenvalue weighted by molar-refractivity contribution is 5.93. The van der Waals surface area contributed by atoms with E-state index in [4.69, 9.17) is 4.74 Å². The van der Waals surface area contributed by atoms with Gasteiger partial charge in [-0.05, 0) is 20.8 Å². The Morgan fingerprint density at radius 2 is 1.81 bits per heavy atom. The molecule has 2 unspecified atom stereocenters. The van der Waals surface area contributed by atoms with Crippen LogP contribution in [0.2, 0.25) is 0 Å². The minimum atomic E-state index is -0.259. The zero-order valence-electron chi connectivity index (χ0n) is 10.6. The molecular weight excluding hydrogens is 208 g/mol. The Morgan fingerprint density at radius 3 is 2.12 bits per heavy atom. The van der Waals surface area contributed by atoms with E-state index in [0.29, 0.717) is 6.61 Å². The number of hydrogen-bond acceptors (Lipinski definition) is 3. The Balaban J connectivity index is 2.76. The van der Waals surface area contributed by atoms with E-state index >= 15 is 0 Å². The summed E-state index contributed by atoms with van der Waals surface area (Å²) in [7, 11) is 1.70. The molecule has 5 heteroatoms. The van der Waals surface area contributed by atoms with Crippen molar-refractivity contribution in [1.29, 1.82) is 0 Å². The molecule has 1 heterocycles. The van der Waals surface area contributed by atoms with Crippen molar-refractivity contribution in [2.45, 2.75) is 45.9 Å². The molecule has 0 aromatic carbocycles. The number of carbonyl (C=O) groups excluding carboxylic acids is 2. The SMILES string of the molecule is CC(=O)N(C(=O)N(C)C(C)C)C(C)C1CO1. The van der Waals surface area contributed by atoms with Gasteiger partial charge in [-0.1, -0.05) is 0 Å². The molecule has 0 bridgehead atoms. The van der Waals surface area contributed by atoms with E-state index < -0.39 is 0 Å². The molecule has 16 heavy (non-hydrogen) atoms. The van der Waals surface area contributed by atoms with Crippen LogP contribution >= 0.6 is 0 Å². The van der Waals surface area contributed by atoms with Gasteiger partial charge in [0.2, 0.25) is 5.91 Å². The average molecular weight is 228 g/mol. The third-order valence-corrected chi connectivity index (χ3v) is 2.93. The van der Waals surface area contributed by atoms with Crippen molar-refractivity contribution in [1.82, 2.24) is 9.80 Å². The second-order valence-corrected chi connectivity index (χ2v) is 4.49. The van der Waals surface area contributed by atoms with Gasteiger partial charge in [-0.3, -0.25) is 9.69 Å². The molecule has 2 atom stereocenters. The number of rotatable bonds is 3. The lowest BCUT2D eigenvalue weighted by molar-refractivity contribution is -0.128. The number of nitrogens with zero attached hydrogens (tertiary/aromatic N) is 2. The minimum Gasteiger partial charge on any atom is -0.371 e. The van der Waals surface area contributed by atoms with Crippen LogP contribution in [0, 0.1) is 0 Å². The summed E-state index contributed by atoms with van der Waals surface area (Å²) in [5.74, 6) is -0.236. The van der Waals surface area contributed by atoms with Gasteiger partial charge in [-0.2, -0.15) is 0 Å². The first-order valence-electron chi connectivity index (χ1n) is 5.54. The van der Waals surface area contributed by atoms with E-state index in [1.54, 1.807) is 11.9 Å². The Kier molecular flexibility index (Phi) is 3.91. The molecule has 0 N–H and O–H groups in total. The molecular formula is C11H20N2O3. The summed E-state index contributed by atoms with van der Waals surface area (Å²) < 4.78 is 5.13. The van der Waals surface area contributed by atoms with Crippen molar-refractivity contribution >= 4 is 11.9 Å². The fourth-order valence-corrected chi connectivity index (χ4v) is 1.49. The molecule has 1 aliphatic heterocycles. The average Bonchev–Trinajstić information content (AvgIpc) is 2.98. The lowest BCUT2D eigenvalue weighted by Gasteiger charge is -2.31. The molecule has 0 aliphatic carbocycles. The predicted octanol–water partition coefficient (Wildman–Crippen LogP) is 1.08. The van der Waals surface area contributed by atoms with Crippen LogP contribution in [0.25, 0.3) is 0 Å². The quantitative estimate of drug-likeness (QED) is 0.679. The van der Waals surface area contributed by atoms with Crippen LogP contribution in [0.5, 0.6) is 0 Å². The van der Waals surface area contributed by atoms with E-state index in [0.717, 1.165) is 0 Å². The monoisotopic (exact) mass is 228 g/mol. The fraction of sp³-hybridized carbons (Fsp3) is 0.818. The summed E-state index contributed by atoms with van der Waals surface area (Å²) in [6.45, 7) is 7.70. The zero-order chi connectivity index (χ0) is 12.5. The number of epoxide rings is 1. The molecule has 0 saturated carbocycles. The molecule has 1 aliphatic rings. The highest BCUT2D eigenvalue weighted by atomic mass is 16.6. The standard InChI is InChI=1S/C11H20N2O3/c1-7(2)12(5)11(15)13(9(4)14)8(3)10-6-16-10/h7-8,10H,6H2,1-5H3. The molecule has 1 rings (SSSR count). The third-order valence-electron chi connectivity index (χ3n) is 2.93. The van der Waals surface area contributed by atoms with Gasteiger partial charge in [-0.25, -0.2) is 4.79 Å². The van der Waals surface area contributed by atoms with E-state index in [1.807, 2.05) is 20.8 Å². The van der Waals surface area contributed by atoms with Crippen molar-refractivity contribution in [3.05, 3.63) is 0 Å². The van der Waals surface area contributed by atoms with Crippen LogP contribution in [-0.4, -0.2) is 53.6 Å². The van der Waals surface area contributed by atoms with Crippen molar-refractivity contribution in [2.75, 3.05) is 13.7 Å². The van der Waals surface area contributed by atoms with Crippen LogP contribution < -0.4 is 0 Å². The highest BCUT2D eigenvalue weighted by Gasteiger charge is 2.39. The van der Waals surface area contributed by atoms with Crippen LogP contribution in [-0.2, 0) is 9.53 Å². The fourth-order valence-electron chi connectivity index (χ4n) is 1.49. The van der Waals surface area contributed by atoms with Crippen molar-refractivity contribution < 1.29 is 14.3 Å². The zero-order valence-corrected chi connectivity index (χ0v) is 10.6. The number of hydrogen-bond donors (Lipinski definition) is 0. The van der Waals surface area contributed by atoms with Crippen molar-refractivity contribution in [3.63, 3.8) is 0 Å². The number of urea groups is 1. The topological polar surface area (TPSA) is 53.2 Å². The molecule has 1 fully saturated rings. The maximum absolute atomic E-state index is 12.1. The number of ether oxygens (including phenoxy) is 1. The Bertz CT molecular complexity index is 287. The highest BCUT2D eigenvalue weighted by Crippen LogP contribution is 2.20. The van der Waals surface area contributed by atoms with Gasteiger partial charge in [0.25, 0.3) is 0 Å². The van der Waals surface area contributed by atoms with Crippen molar-refractivity contribution in [3.8, 4) is 0 Å². The molecule has 3 amide bonds. The summed E-state index contributed by atoms with van der Waals surface area (Å²) in [5, 5.41) is 0. The molecule has 0 radical (unpaired) electrons. The van der Waals surface area contributed by atoms with Gasteiger partial charge in [0.15, 0.2) is 0 Å². The molecule has 0 spiro atoms. The summed E-state index contributed by atoms with van der Waals surface area (Å²) in [6, 6.07) is -0.377. The molecule has 5 nitrogen and oxygen atoms in total. The number of carbonyl (C=O) groups is 2. The maximum Gasteiger partial charge on any atom is 0.327 e. The Labute approximate surface area is 96.3 Å². The van der Waals surface area contributed by atoms with Crippen LogP contribution in [0.15, 0.2) is 0 Å². The minimum absolute atomic E-state index is 0.00779. The van der Waals surface area contributed by atoms with Gasteiger partial charge < -0.3 is 9.64 Å². The molecule has 0 aromatic heterocycles. The number of imide groups is 1. The predicted molar refractivity (Wildman–Crippen MR) is 60.0 cm³/mol. The lowest BCUT2D eigenvalue weighted by atomic mass is 10.2. The largest absolute Gasteiger partial charge is 0.371 e. The number of amides is 3. The van der Waals surface area contributed by atoms with Gasteiger partial charge in [-0.15, -0.1) is 0 Å². The van der Waals surface area contributed by atoms with Crippen LogP contribution in [0.3, 0.4) is 0 Å².